The zero-order chi connectivity index (χ0) is 8.65. The fourth-order valence-corrected chi connectivity index (χ4v) is 2.38. The Labute approximate surface area is 78.9 Å². The summed E-state index contributed by atoms with van der Waals surface area (Å²) in [4.78, 5) is 2.50. The third-order valence-electron chi connectivity index (χ3n) is 2.09. The van der Waals surface area contributed by atoms with E-state index in [4.69, 9.17) is 5.26 Å². The Morgan fingerprint density at radius 2 is 2.25 bits per heavy atom. The average Bonchev–Trinajstić information content (AvgIpc) is 2.57. The number of nitriles is 1. The molecule has 0 aromatic rings. The number of thioether (sulfide) groups is 1. The predicted octanol–water partition coefficient (Wildman–Crippen LogP) is 2.08. The van der Waals surface area contributed by atoms with Crippen molar-refractivity contribution in [3.05, 3.63) is 0 Å². The third kappa shape index (κ3) is 3.99. The summed E-state index contributed by atoms with van der Waals surface area (Å²) in [5.41, 5.74) is 0. The van der Waals surface area contributed by atoms with Gasteiger partial charge in [-0.3, -0.25) is 4.90 Å². The Bertz CT molecular complexity index is 147. The van der Waals surface area contributed by atoms with Gasteiger partial charge >= 0.3 is 0 Å². The van der Waals surface area contributed by atoms with E-state index in [0.717, 1.165) is 12.8 Å². The third-order valence-corrected chi connectivity index (χ3v) is 3.11. The lowest BCUT2D eigenvalue weighted by atomic mass is 10.2. The molecule has 0 saturated carbocycles. The molecule has 0 bridgehead atoms. The summed E-state index contributed by atoms with van der Waals surface area (Å²) in [7, 11) is 0. The maximum absolute atomic E-state index is 8.31. The first-order chi connectivity index (χ1) is 5.93. The molecule has 2 nitrogen and oxygen atoms in total. The van der Waals surface area contributed by atoms with E-state index in [-0.39, 0.29) is 0 Å². The van der Waals surface area contributed by atoms with Gasteiger partial charge in [-0.15, -0.1) is 11.8 Å². The summed E-state index contributed by atoms with van der Waals surface area (Å²) >= 11 is 2.02. The van der Waals surface area contributed by atoms with Crippen molar-refractivity contribution in [1.82, 2.24) is 4.90 Å². The average molecular weight is 184 g/mol. The van der Waals surface area contributed by atoms with Gasteiger partial charge in [0.2, 0.25) is 0 Å². The van der Waals surface area contributed by atoms with Crippen LogP contribution in [0, 0.1) is 11.3 Å². The van der Waals surface area contributed by atoms with Crippen molar-refractivity contribution in [2.24, 2.45) is 0 Å². The van der Waals surface area contributed by atoms with Crippen LogP contribution in [0.25, 0.3) is 0 Å². The molecule has 1 rings (SSSR count). The number of unbranched alkanes of at least 4 members (excludes halogenated alkanes) is 3. The molecule has 0 radical (unpaired) electrons. The topological polar surface area (TPSA) is 27.0 Å². The molecule has 0 aliphatic carbocycles. The van der Waals surface area contributed by atoms with Crippen LogP contribution in [0.2, 0.25) is 0 Å². The lowest BCUT2D eigenvalue weighted by molar-refractivity contribution is 0.345. The van der Waals surface area contributed by atoms with Crippen LogP contribution in [0.4, 0.5) is 0 Å². The summed E-state index contributed by atoms with van der Waals surface area (Å²) in [5.74, 6) is 2.52. The second-order valence-corrected chi connectivity index (χ2v) is 4.20. The lowest BCUT2D eigenvalue weighted by Gasteiger charge is -2.12. The molecule has 0 unspecified atom stereocenters. The summed E-state index contributed by atoms with van der Waals surface area (Å²) in [6.07, 6.45) is 4.29. The van der Waals surface area contributed by atoms with Gasteiger partial charge in [0.1, 0.15) is 0 Å². The largest absolute Gasteiger partial charge is 0.293 e. The smallest absolute Gasteiger partial charge is 0.0621 e. The van der Waals surface area contributed by atoms with Gasteiger partial charge < -0.3 is 0 Å². The quantitative estimate of drug-likeness (QED) is 0.612. The van der Waals surface area contributed by atoms with E-state index in [2.05, 4.69) is 11.0 Å². The first kappa shape index (κ1) is 9.88. The molecule has 0 atom stereocenters. The first-order valence-electron chi connectivity index (χ1n) is 4.60. The maximum atomic E-state index is 8.31. The molecule has 3 heteroatoms. The van der Waals surface area contributed by atoms with Gasteiger partial charge in [0.25, 0.3) is 0 Å². The van der Waals surface area contributed by atoms with Crippen LogP contribution < -0.4 is 0 Å². The highest BCUT2D eigenvalue weighted by molar-refractivity contribution is 7.99. The van der Waals surface area contributed by atoms with Crippen LogP contribution in [-0.4, -0.2) is 29.6 Å². The van der Waals surface area contributed by atoms with Gasteiger partial charge in [0, 0.05) is 24.6 Å². The van der Waals surface area contributed by atoms with Gasteiger partial charge in [0.05, 0.1) is 6.07 Å². The van der Waals surface area contributed by atoms with Crippen molar-refractivity contribution in [3.8, 4) is 6.07 Å². The minimum Gasteiger partial charge on any atom is -0.293 e. The first-order valence-corrected chi connectivity index (χ1v) is 5.76. The second kappa shape index (κ2) is 6.33. The van der Waals surface area contributed by atoms with Crippen LogP contribution in [0.3, 0.4) is 0 Å². The van der Waals surface area contributed by atoms with Crippen molar-refractivity contribution in [2.45, 2.75) is 25.7 Å². The Morgan fingerprint density at radius 3 is 2.92 bits per heavy atom. The molecule has 1 aliphatic heterocycles. The van der Waals surface area contributed by atoms with Crippen molar-refractivity contribution in [3.63, 3.8) is 0 Å². The van der Waals surface area contributed by atoms with Crippen LogP contribution in [0.5, 0.6) is 0 Å². The van der Waals surface area contributed by atoms with Crippen LogP contribution in [-0.2, 0) is 0 Å². The maximum Gasteiger partial charge on any atom is 0.0621 e. The van der Waals surface area contributed by atoms with Gasteiger partial charge in [-0.2, -0.15) is 5.26 Å². The van der Waals surface area contributed by atoms with E-state index in [0.29, 0.717) is 0 Å². The SMILES string of the molecule is N#CCCCCCN1CCSC1. The summed E-state index contributed by atoms with van der Waals surface area (Å²) < 4.78 is 0. The minimum atomic E-state index is 0.731. The molecule has 1 saturated heterocycles. The van der Waals surface area contributed by atoms with Gasteiger partial charge in [-0.1, -0.05) is 6.42 Å². The van der Waals surface area contributed by atoms with Crippen molar-refractivity contribution < 1.29 is 0 Å². The van der Waals surface area contributed by atoms with Crippen LogP contribution >= 0.6 is 11.8 Å². The number of hydrogen-bond acceptors (Lipinski definition) is 3. The molecule has 0 aromatic carbocycles. The normalized spacial score (nSPS) is 17.9. The minimum absolute atomic E-state index is 0.731. The monoisotopic (exact) mass is 184 g/mol. The molecule has 1 aliphatic rings. The molecule has 1 fully saturated rings. The number of nitrogens with zero attached hydrogens (tertiary/aromatic N) is 2. The molecular formula is C9H16N2S. The zero-order valence-corrected chi connectivity index (χ0v) is 8.28. The molecule has 1 heterocycles. The standard InChI is InChI=1S/C9H16N2S/c10-5-3-1-2-4-6-11-7-8-12-9-11/h1-4,6-9H2. The van der Waals surface area contributed by atoms with E-state index in [1.807, 2.05) is 11.8 Å². The molecular weight excluding hydrogens is 168 g/mol. The number of hydrogen-bond donors (Lipinski definition) is 0. The predicted molar refractivity (Wildman–Crippen MR) is 53.0 cm³/mol. The fraction of sp³-hybridized carbons (Fsp3) is 0.889. The Morgan fingerprint density at radius 1 is 1.33 bits per heavy atom. The van der Waals surface area contributed by atoms with E-state index in [1.165, 1.54) is 37.6 Å². The lowest BCUT2D eigenvalue weighted by Crippen LogP contribution is -2.20. The fourth-order valence-electron chi connectivity index (χ4n) is 1.34. The molecule has 0 amide bonds. The van der Waals surface area contributed by atoms with E-state index < -0.39 is 0 Å². The molecule has 68 valence electrons. The summed E-state index contributed by atoms with van der Waals surface area (Å²) in [5, 5.41) is 8.31. The second-order valence-electron chi connectivity index (χ2n) is 3.12. The molecule has 0 spiro atoms. The highest BCUT2D eigenvalue weighted by atomic mass is 32.2. The van der Waals surface area contributed by atoms with Gasteiger partial charge in [0.15, 0.2) is 0 Å². The van der Waals surface area contributed by atoms with Crippen LogP contribution in [0.15, 0.2) is 0 Å². The van der Waals surface area contributed by atoms with Crippen molar-refractivity contribution in [1.29, 1.82) is 5.26 Å². The van der Waals surface area contributed by atoms with Gasteiger partial charge in [-0.25, -0.2) is 0 Å². The highest BCUT2D eigenvalue weighted by Gasteiger charge is 2.10. The van der Waals surface area contributed by atoms with Crippen molar-refractivity contribution in [2.75, 3.05) is 24.7 Å². The Hall–Kier alpha value is -0.200. The van der Waals surface area contributed by atoms with Gasteiger partial charge in [-0.05, 0) is 19.4 Å². The molecule has 12 heavy (non-hydrogen) atoms. The Kier molecular flexibility index (Phi) is 5.21. The number of rotatable bonds is 5. The van der Waals surface area contributed by atoms with Crippen molar-refractivity contribution >= 4 is 11.8 Å². The Balaban J connectivity index is 1.85. The van der Waals surface area contributed by atoms with E-state index in [1.54, 1.807) is 0 Å². The highest BCUT2D eigenvalue weighted by Crippen LogP contribution is 2.13. The molecule has 0 N–H and O–H groups in total. The molecule has 0 aromatic heterocycles. The zero-order valence-electron chi connectivity index (χ0n) is 7.46. The van der Waals surface area contributed by atoms with E-state index >= 15 is 0 Å². The van der Waals surface area contributed by atoms with E-state index in [9.17, 15) is 0 Å². The summed E-state index contributed by atoms with van der Waals surface area (Å²) in [6, 6.07) is 2.18. The van der Waals surface area contributed by atoms with Crippen LogP contribution in [0.1, 0.15) is 25.7 Å². The summed E-state index contributed by atoms with van der Waals surface area (Å²) in [6.45, 7) is 2.50.